The second-order valence-corrected chi connectivity index (χ2v) is 9.61. The fraction of sp³-hybridized carbons (Fsp3) is 0.500. The number of sulfonamides is 1. The van der Waals surface area contributed by atoms with Crippen molar-refractivity contribution >= 4 is 26.8 Å². The lowest BCUT2D eigenvalue weighted by molar-refractivity contribution is 0.0951. The molecule has 0 radical (unpaired) electrons. The van der Waals surface area contributed by atoms with E-state index in [9.17, 15) is 18.0 Å². The maximum Gasteiger partial charge on any atom is 0.252 e. The van der Waals surface area contributed by atoms with Gasteiger partial charge < -0.3 is 15.2 Å². The molecule has 0 saturated carbocycles. The van der Waals surface area contributed by atoms with Gasteiger partial charge in [0.15, 0.2) is 0 Å². The molecule has 1 amide bonds. The van der Waals surface area contributed by atoms with Crippen LogP contribution in [0.2, 0.25) is 0 Å². The lowest BCUT2D eigenvalue weighted by Gasteiger charge is -2.17. The molecule has 0 bridgehead atoms. The molecule has 2 N–H and O–H groups in total. The van der Waals surface area contributed by atoms with Gasteiger partial charge in [-0.05, 0) is 57.0 Å². The minimum atomic E-state index is -3.61. The van der Waals surface area contributed by atoms with Crippen molar-refractivity contribution in [2.75, 3.05) is 39.3 Å². The van der Waals surface area contributed by atoms with Gasteiger partial charge in [0.25, 0.3) is 5.91 Å². The number of carbonyl (C=O) groups excluding carboxylic acids is 1. The Morgan fingerprint density at radius 3 is 2.45 bits per heavy atom. The molecular weight excluding hydrogens is 392 g/mol. The molecule has 0 unspecified atom stereocenters. The molecule has 1 aromatic heterocycles. The highest BCUT2D eigenvalue weighted by molar-refractivity contribution is 7.89. The number of aromatic amines is 1. The molecule has 29 heavy (non-hydrogen) atoms. The van der Waals surface area contributed by atoms with Crippen molar-refractivity contribution in [3.8, 4) is 0 Å². The zero-order valence-corrected chi connectivity index (χ0v) is 17.1. The summed E-state index contributed by atoms with van der Waals surface area (Å²) in [5.74, 6) is -0.365. The van der Waals surface area contributed by atoms with Gasteiger partial charge in [0.05, 0.1) is 10.5 Å². The van der Waals surface area contributed by atoms with E-state index >= 15 is 0 Å². The van der Waals surface area contributed by atoms with Crippen LogP contribution in [0.1, 0.15) is 36.0 Å². The van der Waals surface area contributed by atoms with Gasteiger partial charge in [0, 0.05) is 43.1 Å². The minimum Gasteiger partial charge on any atom is -0.351 e. The van der Waals surface area contributed by atoms with Gasteiger partial charge in [-0.1, -0.05) is 0 Å². The number of likely N-dealkylation sites (tertiary alicyclic amines) is 1. The van der Waals surface area contributed by atoms with E-state index in [1.807, 2.05) is 0 Å². The first-order valence-electron chi connectivity index (χ1n) is 10.1. The maximum atomic E-state index is 12.9. The van der Waals surface area contributed by atoms with Gasteiger partial charge in [0.2, 0.25) is 15.6 Å². The molecule has 2 fully saturated rings. The fourth-order valence-corrected chi connectivity index (χ4v) is 5.63. The molecule has 2 saturated heterocycles. The Bertz CT molecular complexity index is 1070. The van der Waals surface area contributed by atoms with E-state index in [1.54, 1.807) is 6.07 Å². The first-order chi connectivity index (χ1) is 13.9. The monoisotopic (exact) mass is 418 g/mol. The van der Waals surface area contributed by atoms with Crippen LogP contribution in [0.15, 0.2) is 34.0 Å². The van der Waals surface area contributed by atoms with Crippen LogP contribution in [-0.2, 0) is 10.0 Å². The second kappa shape index (κ2) is 8.25. The molecule has 1 aromatic carbocycles. The Kier molecular flexibility index (Phi) is 5.71. The second-order valence-electron chi connectivity index (χ2n) is 7.67. The highest BCUT2D eigenvalue weighted by atomic mass is 32.2. The van der Waals surface area contributed by atoms with Crippen LogP contribution >= 0.6 is 0 Å². The van der Waals surface area contributed by atoms with Crippen LogP contribution < -0.4 is 10.9 Å². The smallest absolute Gasteiger partial charge is 0.252 e. The van der Waals surface area contributed by atoms with Crippen molar-refractivity contribution in [3.05, 3.63) is 40.2 Å². The third kappa shape index (κ3) is 4.22. The van der Waals surface area contributed by atoms with E-state index in [0.29, 0.717) is 30.5 Å². The lowest BCUT2D eigenvalue weighted by Crippen LogP contribution is -2.34. The molecule has 0 spiro atoms. The Morgan fingerprint density at radius 1 is 1.03 bits per heavy atom. The van der Waals surface area contributed by atoms with Gasteiger partial charge in [-0.25, -0.2) is 8.42 Å². The summed E-state index contributed by atoms with van der Waals surface area (Å²) in [7, 11) is -3.61. The number of hydrogen-bond donors (Lipinski definition) is 2. The number of hydrogen-bond acceptors (Lipinski definition) is 5. The van der Waals surface area contributed by atoms with Crippen LogP contribution in [0.3, 0.4) is 0 Å². The van der Waals surface area contributed by atoms with Crippen molar-refractivity contribution < 1.29 is 13.2 Å². The number of aromatic nitrogens is 1. The van der Waals surface area contributed by atoms with E-state index in [2.05, 4.69) is 15.2 Å². The summed E-state index contributed by atoms with van der Waals surface area (Å²) in [4.78, 5) is 29.9. The van der Waals surface area contributed by atoms with Gasteiger partial charge in [-0.3, -0.25) is 9.59 Å². The summed E-state index contributed by atoms with van der Waals surface area (Å²) in [6.45, 7) is 4.36. The predicted octanol–water partition coefficient (Wildman–Crippen LogP) is 1.14. The van der Waals surface area contributed by atoms with Crippen LogP contribution in [-0.4, -0.2) is 67.8 Å². The molecule has 2 aliphatic rings. The molecule has 156 valence electrons. The SMILES string of the molecule is O=C(NCCN1CCCC1)c1cc(=O)[nH]c2ccc(S(=O)(=O)N3CCCC3)cc12. The van der Waals surface area contributed by atoms with Crippen molar-refractivity contribution in [2.45, 2.75) is 30.6 Å². The number of amides is 1. The molecule has 9 heteroatoms. The zero-order chi connectivity index (χ0) is 20.4. The van der Waals surface area contributed by atoms with E-state index < -0.39 is 15.6 Å². The molecule has 0 aliphatic carbocycles. The first kappa shape index (κ1) is 20.1. The van der Waals surface area contributed by atoms with Crippen LogP contribution in [0.4, 0.5) is 0 Å². The van der Waals surface area contributed by atoms with E-state index in [-0.39, 0.29) is 16.4 Å². The van der Waals surface area contributed by atoms with Gasteiger partial charge in [-0.2, -0.15) is 4.31 Å². The third-order valence-corrected chi connectivity index (χ3v) is 7.57. The largest absolute Gasteiger partial charge is 0.351 e. The van der Waals surface area contributed by atoms with Crippen molar-refractivity contribution in [1.82, 2.24) is 19.5 Å². The number of fused-ring (bicyclic) bond motifs is 1. The lowest BCUT2D eigenvalue weighted by atomic mass is 10.1. The molecular formula is C20H26N4O4S. The van der Waals surface area contributed by atoms with E-state index in [0.717, 1.165) is 32.5 Å². The summed E-state index contributed by atoms with van der Waals surface area (Å²) in [6, 6.07) is 5.77. The summed E-state index contributed by atoms with van der Waals surface area (Å²) >= 11 is 0. The predicted molar refractivity (Wildman–Crippen MR) is 111 cm³/mol. The van der Waals surface area contributed by atoms with Gasteiger partial charge in [0.1, 0.15) is 0 Å². The van der Waals surface area contributed by atoms with Crippen LogP contribution in [0.5, 0.6) is 0 Å². The van der Waals surface area contributed by atoms with Crippen molar-refractivity contribution in [3.63, 3.8) is 0 Å². The maximum absolute atomic E-state index is 12.9. The average Bonchev–Trinajstić information content (AvgIpc) is 3.41. The Hall–Kier alpha value is -2.23. The molecule has 2 aromatic rings. The molecule has 8 nitrogen and oxygen atoms in total. The van der Waals surface area contributed by atoms with Gasteiger partial charge >= 0.3 is 0 Å². The zero-order valence-electron chi connectivity index (χ0n) is 16.3. The summed E-state index contributed by atoms with van der Waals surface area (Å²) in [5.41, 5.74) is 0.253. The molecule has 3 heterocycles. The molecule has 0 atom stereocenters. The number of rotatable bonds is 6. The summed E-state index contributed by atoms with van der Waals surface area (Å²) < 4.78 is 27.3. The third-order valence-electron chi connectivity index (χ3n) is 5.67. The topological polar surface area (TPSA) is 103 Å². The average molecular weight is 419 g/mol. The normalized spacial score (nSPS) is 18.5. The Morgan fingerprint density at radius 2 is 1.72 bits per heavy atom. The number of carbonyl (C=O) groups is 1. The Labute approximate surface area is 169 Å². The highest BCUT2D eigenvalue weighted by Gasteiger charge is 2.27. The van der Waals surface area contributed by atoms with Gasteiger partial charge in [-0.15, -0.1) is 0 Å². The number of H-pyrrole nitrogens is 1. The number of benzene rings is 1. The van der Waals surface area contributed by atoms with E-state index in [1.165, 1.54) is 35.3 Å². The summed E-state index contributed by atoms with van der Waals surface area (Å²) in [6.07, 6.45) is 4.07. The number of nitrogens with one attached hydrogen (secondary N) is 2. The van der Waals surface area contributed by atoms with Crippen molar-refractivity contribution in [1.29, 1.82) is 0 Å². The minimum absolute atomic E-state index is 0.144. The fourth-order valence-electron chi connectivity index (χ4n) is 4.09. The van der Waals surface area contributed by atoms with Crippen LogP contribution in [0.25, 0.3) is 10.9 Å². The number of pyridine rings is 1. The van der Waals surface area contributed by atoms with Crippen molar-refractivity contribution in [2.24, 2.45) is 0 Å². The van der Waals surface area contributed by atoms with Crippen LogP contribution in [0, 0.1) is 0 Å². The standard InChI is InChI=1S/C20H26N4O4S/c25-19-14-17(20(26)21-7-12-23-8-1-2-9-23)16-13-15(5-6-18(16)22-19)29(27,28)24-10-3-4-11-24/h5-6,13-14H,1-4,7-12H2,(H,21,26)(H,22,25). The quantitative estimate of drug-likeness (QED) is 0.732. The molecule has 2 aliphatic heterocycles. The first-order valence-corrected chi connectivity index (χ1v) is 11.6. The molecule has 4 rings (SSSR count). The Balaban J connectivity index is 1.62. The number of nitrogens with zero attached hydrogens (tertiary/aromatic N) is 2. The van der Waals surface area contributed by atoms with E-state index in [4.69, 9.17) is 0 Å². The summed E-state index contributed by atoms with van der Waals surface area (Å²) in [5, 5.41) is 3.30. The highest BCUT2D eigenvalue weighted by Crippen LogP contribution is 2.25.